The number of aromatic hydroxyl groups is 1. The van der Waals surface area contributed by atoms with Gasteiger partial charge in [-0.1, -0.05) is 36.4 Å². The molecule has 0 aromatic heterocycles. The quantitative estimate of drug-likeness (QED) is 0.391. The largest absolute Gasteiger partial charge is 0.507 e. The highest BCUT2D eigenvalue weighted by Gasteiger charge is 2.33. The summed E-state index contributed by atoms with van der Waals surface area (Å²) in [5, 5.41) is 19.9. The van der Waals surface area contributed by atoms with Crippen LogP contribution >= 0.6 is 0 Å². The molecule has 1 heterocycles. The zero-order chi connectivity index (χ0) is 23.7. The molecule has 1 N–H and O–H groups in total. The maximum Gasteiger partial charge on any atom is 0.132 e. The Morgan fingerprint density at radius 2 is 1.62 bits per heavy atom. The molecule has 5 rings (SSSR count). The predicted octanol–water partition coefficient (Wildman–Crippen LogP) is 5.93. The van der Waals surface area contributed by atoms with Gasteiger partial charge in [0.2, 0.25) is 0 Å². The molecule has 0 radical (unpaired) electrons. The van der Waals surface area contributed by atoms with Gasteiger partial charge >= 0.3 is 0 Å². The molecule has 34 heavy (non-hydrogen) atoms. The zero-order valence-electron chi connectivity index (χ0n) is 19.4. The molecule has 4 aromatic rings. The summed E-state index contributed by atoms with van der Waals surface area (Å²) in [6.45, 7) is 0. The summed E-state index contributed by atoms with van der Waals surface area (Å²) >= 11 is 0. The molecular formula is C28H26N2O4. The second kappa shape index (κ2) is 8.98. The molecule has 0 amide bonds. The van der Waals surface area contributed by atoms with E-state index in [1.165, 1.54) is 0 Å². The summed E-state index contributed by atoms with van der Waals surface area (Å²) < 4.78 is 16.6. The van der Waals surface area contributed by atoms with Crippen molar-refractivity contribution in [2.24, 2.45) is 5.10 Å². The van der Waals surface area contributed by atoms with E-state index in [0.717, 1.165) is 50.5 Å². The number of phenols is 1. The van der Waals surface area contributed by atoms with Gasteiger partial charge in [-0.05, 0) is 35.7 Å². The fourth-order valence-electron chi connectivity index (χ4n) is 4.49. The smallest absolute Gasteiger partial charge is 0.132 e. The summed E-state index contributed by atoms with van der Waals surface area (Å²) in [4.78, 5) is 0. The van der Waals surface area contributed by atoms with E-state index in [4.69, 9.17) is 19.3 Å². The normalized spacial score (nSPS) is 15.3. The molecule has 1 unspecified atom stereocenters. The van der Waals surface area contributed by atoms with Gasteiger partial charge in [-0.2, -0.15) is 5.10 Å². The number of phenolic OH excluding ortho intramolecular Hbond substituents is 1. The fourth-order valence-corrected chi connectivity index (χ4v) is 4.49. The van der Waals surface area contributed by atoms with Crippen LogP contribution in [0.2, 0.25) is 0 Å². The lowest BCUT2D eigenvalue weighted by atomic mass is 9.95. The maximum absolute atomic E-state index is 11.1. The molecule has 1 aliphatic heterocycles. The molecule has 6 heteroatoms. The first-order valence-corrected chi connectivity index (χ1v) is 11.1. The van der Waals surface area contributed by atoms with Crippen LogP contribution in [-0.2, 0) is 0 Å². The van der Waals surface area contributed by atoms with Crippen LogP contribution in [0.15, 0.2) is 84.0 Å². The first kappa shape index (κ1) is 21.6. The maximum atomic E-state index is 11.1. The van der Waals surface area contributed by atoms with Crippen molar-refractivity contribution in [1.29, 1.82) is 0 Å². The number of fused-ring (bicyclic) bond motifs is 1. The standard InChI is InChI=1S/C28H26N2O4/c1-32-20-9-6-8-19(15-20)30-26(24-14-12-21(33-2)16-27(24)34-3)17-25(29-30)23-13-11-18-7-4-5-10-22(18)28(23)31/h4-16,26,31H,17H2,1-3H3. The number of rotatable bonds is 6. The Labute approximate surface area is 198 Å². The second-order valence-electron chi connectivity index (χ2n) is 8.10. The minimum atomic E-state index is -0.145. The third-order valence-corrected chi connectivity index (χ3v) is 6.24. The molecule has 0 aliphatic carbocycles. The molecule has 0 bridgehead atoms. The lowest BCUT2D eigenvalue weighted by Crippen LogP contribution is -2.19. The number of methoxy groups -OCH3 is 3. The minimum Gasteiger partial charge on any atom is -0.507 e. The molecule has 0 saturated carbocycles. The molecular weight excluding hydrogens is 428 g/mol. The molecule has 4 aromatic carbocycles. The number of anilines is 1. The molecule has 0 spiro atoms. The summed E-state index contributed by atoms with van der Waals surface area (Å²) in [5.41, 5.74) is 3.39. The summed E-state index contributed by atoms with van der Waals surface area (Å²) in [7, 11) is 4.94. The Morgan fingerprint density at radius 1 is 0.824 bits per heavy atom. The van der Waals surface area contributed by atoms with E-state index in [0.29, 0.717) is 6.42 Å². The van der Waals surface area contributed by atoms with Crippen LogP contribution in [0.25, 0.3) is 10.8 Å². The predicted molar refractivity (Wildman–Crippen MR) is 135 cm³/mol. The van der Waals surface area contributed by atoms with Crippen LogP contribution in [0, 0.1) is 0 Å². The molecule has 0 saturated heterocycles. The van der Waals surface area contributed by atoms with Crippen molar-refractivity contribution >= 4 is 22.2 Å². The van der Waals surface area contributed by atoms with Crippen molar-refractivity contribution in [1.82, 2.24) is 0 Å². The van der Waals surface area contributed by atoms with Crippen LogP contribution in [0.1, 0.15) is 23.6 Å². The number of benzene rings is 4. The number of nitrogens with zero attached hydrogens (tertiary/aromatic N) is 2. The lowest BCUT2D eigenvalue weighted by molar-refractivity contribution is 0.388. The third kappa shape index (κ3) is 3.77. The van der Waals surface area contributed by atoms with Gasteiger partial charge in [0.25, 0.3) is 0 Å². The van der Waals surface area contributed by atoms with E-state index < -0.39 is 0 Å². The Kier molecular flexibility index (Phi) is 5.72. The molecule has 0 fully saturated rings. The Hall–Kier alpha value is -4.19. The van der Waals surface area contributed by atoms with E-state index in [1.807, 2.05) is 83.9 Å². The van der Waals surface area contributed by atoms with Crippen molar-refractivity contribution in [3.8, 4) is 23.0 Å². The fraction of sp³-hybridized carbons (Fsp3) is 0.179. The first-order valence-electron chi connectivity index (χ1n) is 11.1. The van der Waals surface area contributed by atoms with Crippen LogP contribution < -0.4 is 19.2 Å². The minimum absolute atomic E-state index is 0.145. The van der Waals surface area contributed by atoms with Crippen molar-refractivity contribution in [3.63, 3.8) is 0 Å². The second-order valence-corrected chi connectivity index (χ2v) is 8.10. The van der Waals surface area contributed by atoms with E-state index >= 15 is 0 Å². The SMILES string of the molecule is COc1cccc(N2N=C(c3ccc4ccccc4c3O)CC2c2ccc(OC)cc2OC)c1. The summed E-state index contributed by atoms with van der Waals surface area (Å²) in [6, 6.07) is 25.2. The van der Waals surface area contributed by atoms with Crippen LogP contribution in [0.3, 0.4) is 0 Å². The van der Waals surface area contributed by atoms with E-state index in [9.17, 15) is 5.11 Å². The average Bonchev–Trinajstić information content (AvgIpc) is 3.33. The van der Waals surface area contributed by atoms with Crippen LogP contribution in [0.4, 0.5) is 5.69 Å². The Morgan fingerprint density at radius 3 is 2.41 bits per heavy atom. The molecule has 1 atom stereocenters. The number of hydrazone groups is 1. The van der Waals surface area contributed by atoms with Crippen LogP contribution in [0.5, 0.6) is 23.0 Å². The Balaban J connectivity index is 1.64. The summed E-state index contributed by atoms with van der Waals surface area (Å²) in [5.74, 6) is 2.43. The van der Waals surface area contributed by atoms with E-state index in [-0.39, 0.29) is 11.8 Å². The van der Waals surface area contributed by atoms with Gasteiger partial charge in [0.15, 0.2) is 0 Å². The summed E-state index contributed by atoms with van der Waals surface area (Å²) in [6.07, 6.45) is 0.589. The topological polar surface area (TPSA) is 63.5 Å². The van der Waals surface area contributed by atoms with Crippen molar-refractivity contribution in [3.05, 3.63) is 90.0 Å². The van der Waals surface area contributed by atoms with Gasteiger partial charge in [-0.15, -0.1) is 0 Å². The van der Waals surface area contributed by atoms with Crippen molar-refractivity contribution in [2.45, 2.75) is 12.5 Å². The van der Waals surface area contributed by atoms with Crippen LogP contribution in [-0.4, -0.2) is 32.1 Å². The highest BCUT2D eigenvalue weighted by molar-refractivity contribution is 6.09. The molecule has 172 valence electrons. The number of ether oxygens (including phenoxy) is 3. The van der Waals surface area contributed by atoms with Crippen molar-refractivity contribution in [2.75, 3.05) is 26.3 Å². The third-order valence-electron chi connectivity index (χ3n) is 6.24. The number of hydrogen-bond acceptors (Lipinski definition) is 6. The van der Waals surface area contributed by atoms with Gasteiger partial charge in [0.1, 0.15) is 23.0 Å². The number of hydrogen-bond donors (Lipinski definition) is 1. The Bertz CT molecular complexity index is 1380. The highest BCUT2D eigenvalue weighted by Crippen LogP contribution is 2.43. The lowest BCUT2D eigenvalue weighted by Gasteiger charge is -2.26. The van der Waals surface area contributed by atoms with E-state index in [2.05, 4.69) is 0 Å². The monoisotopic (exact) mass is 454 g/mol. The zero-order valence-corrected chi connectivity index (χ0v) is 19.4. The first-order chi connectivity index (χ1) is 16.6. The van der Waals surface area contributed by atoms with E-state index in [1.54, 1.807) is 21.3 Å². The van der Waals surface area contributed by atoms with Gasteiger partial charge in [-0.3, -0.25) is 5.01 Å². The van der Waals surface area contributed by atoms with Gasteiger partial charge in [-0.25, -0.2) is 0 Å². The van der Waals surface area contributed by atoms with Crippen molar-refractivity contribution < 1.29 is 19.3 Å². The van der Waals surface area contributed by atoms with Gasteiger partial charge < -0.3 is 19.3 Å². The highest BCUT2D eigenvalue weighted by atomic mass is 16.5. The molecule has 6 nitrogen and oxygen atoms in total. The molecule has 1 aliphatic rings. The van der Waals surface area contributed by atoms with Gasteiger partial charge in [0.05, 0.1) is 38.8 Å². The van der Waals surface area contributed by atoms with Gasteiger partial charge in [0, 0.05) is 35.1 Å². The average molecular weight is 455 g/mol.